The Morgan fingerprint density at radius 3 is 2.29 bits per heavy atom. The van der Waals surface area contributed by atoms with Gasteiger partial charge in [-0.05, 0) is 51.2 Å². The number of aromatic nitrogens is 2. The van der Waals surface area contributed by atoms with Crippen molar-refractivity contribution in [1.29, 1.82) is 0 Å². The summed E-state index contributed by atoms with van der Waals surface area (Å²) in [5.41, 5.74) is 3.07. The maximum absolute atomic E-state index is 12.4. The van der Waals surface area contributed by atoms with E-state index in [4.69, 9.17) is 0 Å². The average Bonchev–Trinajstić information content (AvgIpc) is 2.81. The molecule has 0 aliphatic heterocycles. The summed E-state index contributed by atoms with van der Waals surface area (Å²) in [4.78, 5) is 12.4. The van der Waals surface area contributed by atoms with Crippen LogP contribution in [0.25, 0.3) is 0 Å². The summed E-state index contributed by atoms with van der Waals surface area (Å²) in [6, 6.07) is 10.2. The van der Waals surface area contributed by atoms with Crippen LogP contribution in [0.15, 0.2) is 30.3 Å². The Labute approximate surface area is 145 Å². The number of nitrogens with zero attached hydrogens (tertiary/aromatic N) is 2. The largest absolute Gasteiger partial charge is 0.311 e. The number of anilines is 1. The van der Waals surface area contributed by atoms with E-state index in [1.54, 1.807) is 0 Å². The fourth-order valence-electron chi connectivity index (χ4n) is 2.74. The van der Waals surface area contributed by atoms with Gasteiger partial charge in [0.05, 0.1) is 17.7 Å². The van der Waals surface area contributed by atoms with Crippen LogP contribution < -0.4 is 5.32 Å². The van der Waals surface area contributed by atoms with E-state index in [0.717, 1.165) is 23.5 Å². The number of rotatable bonds is 5. The van der Waals surface area contributed by atoms with Gasteiger partial charge in [0.15, 0.2) is 0 Å². The van der Waals surface area contributed by atoms with Crippen LogP contribution in [0.3, 0.4) is 0 Å². The molecule has 0 bridgehead atoms. The van der Waals surface area contributed by atoms with Crippen molar-refractivity contribution in [3.05, 3.63) is 47.2 Å². The molecule has 0 radical (unpaired) electrons. The molecule has 130 valence electrons. The molecule has 0 aliphatic rings. The molecular formula is C20H29N3O. The molecule has 24 heavy (non-hydrogen) atoms. The molecule has 0 aliphatic carbocycles. The minimum atomic E-state index is -0.171. The molecule has 0 saturated heterocycles. The van der Waals surface area contributed by atoms with Gasteiger partial charge in [0.1, 0.15) is 5.82 Å². The quantitative estimate of drug-likeness (QED) is 0.888. The number of hydrogen-bond donors (Lipinski definition) is 1. The first-order chi connectivity index (χ1) is 11.1. The van der Waals surface area contributed by atoms with E-state index < -0.39 is 0 Å². The maximum Gasteiger partial charge on any atom is 0.229 e. The topological polar surface area (TPSA) is 46.9 Å². The summed E-state index contributed by atoms with van der Waals surface area (Å²) >= 11 is 0. The third kappa shape index (κ3) is 4.95. The fourth-order valence-corrected chi connectivity index (χ4v) is 2.74. The highest BCUT2D eigenvalue weighted by Crippen LogP contribution is 2.21. The first-order valence-corrected chi connectivity index (χ1v) is 8.60. The lowest BCUT2D eigenvalue weighted by Gasteiger charge is -2.22. The number of amides is 1. The minimum Gasteiger partial charge on any atom is -0.311 e. The van der Waals surface area contributed by atoms with Crippen LogP contribution in [0, 0.1) is 12.8 Å². The van der Waals surface area contributed by atoms with Gasteiger partial charge in [0, 0.05) is 6.07 Å². The molecule has 1 amide bonds. The molecule has 0 atom stereocenters. The second kappa shape index (κ2) is 7.20. The third-order valence-electron chi connectivity index (χ3n) is 3.77. The van der Waals surface area contributed by atoms with Gasteiger partial charge in [0.2, 0.25) is 5.91 Å². The lowest BCUT2D eigenvalue weighted by molar-refractivity contribution is -0.115. The second-order valence-corrected chi connectivity index (χ2v) is 7.89. The van der Waals surface area contributed by atoms with Crippen molar-refractivity contribution in [2.45, 2.75) is 59.9 Å². The smallest absolute Gasteiger partial charge is 0.229 e. The molecule has 1 aromatic carbocycles. The SMILES string of the molecule is Cc1cc(NC(=O)Cc2ccc(CC(C)C)cc2)n(C(C)(C)C)n1. The van der Waals surface area contributed by atoms with E-state index in [9.17, 15) is 4.79 Å². The summed E-state index contributed by atoms with van der Waals surface area (Å²) in [7, 11) is 0. The Balaban J connectivity index is 2.04. The number of benzene rings is 1. The summed E-state index contributed by atoms with van der Waals surface area (Å²) < 4.78 is 1.87. The van der Waals surface area contributed by atoms with Crippen molar-refractivity contribution >= 4 is 11.7 Å². The molecule has 4 nitrogen and oxygen atoms in total. The molecular weight excluding hydrogens is 298 g/mol. The summed E-state index contributed by atoms with van der Waals surface area (Å²) in [6.45, 7) is 12.6. The Hall–Kier alpha value is -2.10. The van der Waals surface area contributed by atoms with Gasteiger partial charge in [-0.15, -0.1) is 0 Å². The van der Waals surface area contributed by atoms with E-state index in [1.165, 1.54) is 5.56 Å². The maximum atomic E-state index is 12.4. The Kier molecular flexibility index (Phi) is 5.47. The van der Waals surface area contributed by atoms with Gasteiger partial charge in [0.25, 0.3) is 0 Å². The Morgan fingerprint density at radius 1 is 1.17 bits per heavy atom. The van der Waals surface area contributed by atoms with Gasteiger partial charge >= 0.3 is 0 Å². The van der Waals surface area contributed by atoms with E-state index in [1.807, 2.05) is 29.8 Å². The average molecular weight is 327 g/mol. The van der Waals surface area contributed by atoms with E-state index >= 15 is 0 Å². The minimum absolute atomic E-state index is 0.0167. The van der Waals surface area contributed by atoms with Gasteiger partial charge in [-0.3, -0.25) is 4.79 Å². The second-order valence-electron chi connectivity index (χ2n) is 7.89. The zero-order chi connectivity index (χ0) is 17.9. The first-order valence-electron chi connectivity index (χ1n) is 8.60. The van der Waals surface area contributed by atoms with Crippen molar-refractivity contribution < 1.29 is 4.79 Å². The van der Waals surface area contributed by atoms with Crippen molar-refractivity contribution in [3.8, 4) is 0 Å². The van der Waals surface area contributed by atoms with Crippen molar-refractivity contribution in [3.63, 3.8) is 0 Å². The van der Waals surface area contributed by atoms with Crippen LogP contribution in [0.5, 0.6) is 0 Å². The predicted octanol–water partition coefficient (Wildman–Crippen LogP) is 4.33. The number of hydrogen-bond acceptors (Lipinski definition) is 2. The fraction of sp³-hybridized carbons (Fsp3) is 0.500. The van der Waals surface area contributed by atoms with Gasteiger partial charge in [-0.1, -0.05) is 38.1 Å². The zero-order valence-electron chi connectivity index (χ0n) is 15.7. The first kappa shape index (κ1) is 18.2. The monoisotopic (exact) mass is 327 g/mol. The Morgan fingerprint density at radius 2 is 1.75 bits per heavy atom. The van der Waals surface area contributed by atoms with Crippen LogP contribution in [-0.4, -0.2) is 15.7 Å². The van der Waals surface area contributed by atoms with Crippen LogP contribution >= 0.6 is 0 Å². The molecule has 4 heteroatoms. The highest BCUT2D eigenvalue weighted by Gasteiger charge is 2.20. The molecule has 0 unspecified atom stereocenters. The predicted molar refractivity (Wildman–Crippen MR) is 99.3 cm³/mol. The lowest BCUT2D eigenvalue weighted by Crippen LogP contribution is -2.27. The molecule has 2 rings (SSSR count). The molecule has 0 spiro atoms. The van der Waals surface area contributed by atoms with Gasteiger partial charge in [-0.2, -0.15) is 5.10 Å². The van der Waals surface area contributed by atoms with Gasteiger partial charge in [-0.25, -0.2) is 4.68 Å². The van der Waals surface area contributed by atoms with Crippen molar-refractivity contribution in [2.24, 2.45) is 5.92 Å². The van der Waals surface area contributed by atoms with Crippen LogP contribution in [-0.2, 0) is 23.2 Å². The number of carbonyl (C=O) groups is 1. The lowest BCUT2D eigenvalue weighted by atomic mass is 10.0. The highest BCUT2D eigenvalue weighted by molar-refractivity contribution is 5.91. The molecule has 1 aromatic heterocycles. The molecule has 1 N–H and O–H groups in total. The molecule has 0 fully saturated rings. The van der Waals surface area contributed by atoms with E-state index in [0.29, 0.717) is 12.3 Å². The van der Waals surface area contributed by atoms with E-state index in [2.05, 4.69) is 57.2 Å². The standard InChI is InChI=1S/C20H29N3O/c1-14(2)11-16-7-9-17(10-8-16)13-19(24)21-18-12-15(3)22-23(18)20(4,5)6/h7-10,12,14H,11,13H2,1-6H3,(H,21,24). The van der Waals surface area contributed by atoms with Crippen LogP contribution in [0.2, 0.25) is 0 Å². The summed E-state index contributed by atoms with van der Waals surface area (Å²) in [6.07, 6.45) is 1.44. The third-order valence-corrected chi connectivity index (χ3v) is 3.77. The highest BCUT2D eigenvalue weighted by atomic mass is 16.1. The summed E-state index contributed by atoms with van der Waals surface area (Å²) in [5.74, 6) is 1.37. The molecule has 2 aromatic rings. The zero-order valence-corrected chi connectivity index (χ0v) is 15.7. The Bertz CT molecular complexity index is 691. The van der Waals surface area contributed by atoms with Crippen molar-refractivity contribution in [2.75, 3.05) is 5.32 Å². The summed E-state index contributed by atoms with van der Waals surface area (Å²) in [5, 5.41) is 7.48. The number of nitrogens with one attached hydrogen (secondary N) is 1. The number of carbonyl (C=O) groups excluding carboxylic acids is 1. The van der Waals surface area contributed by atoms with Crippen molar-refractivity contribution in [1.82, 2.24) is 9.78 Å². The number of aryl methyl sites for hydroxylation is 1. The molecule has 1 heterocycles. The molecule has 0 saturated carbocycles. The van der Waals surface area contributed by atoms with Crippen LogP contribution in [0.1, 0.15) is 51.4 Å². The van der Waals surface area contributed by atoms with E-state index in [-0.39, 0.29) is 11.4 Å². The van der Waals surface area contributed by atoms with Gasteiger partial charge < -0.3 is 5.32 Å². The normalized spacial score (nSPS) is 11.8. The van der Waals surface area contributed by atoms with Crippen LogP contribution in [0.4, 0.5) is 5.82 Å².